The van der Waals surface area contributed by atoms with E-state index in [1.165, 1.54) is 0 Å². The van der Waals surface area contributed by atoms with Crippen LogP contribution in [0.1, 0.15) is 42.5 Å². The van der Waals surface area contributed by atoms with Crippen LogP contribution in [-0.2, 0) is 4.79 Å². The van der Waals surface area contributed by atoms with E-state index in [2.05, 4.69) is 10.6 Å². The maximum Gasteiger partial charge on any atom is 0.251 e. The van der Waals surface area contributed by atoms with Crippen molar-refractivity contribution in [2.75, 3.05) is 20.2 Å². The molecule has 2 rings (SSSR count). The summed E-state index contributed by atoms with van der Waals surface area (Å²) < 4.78 is 5.09. The summed E-state index contributed by atoms with van der Waals surface area (Å²) in [6, 6.07) is 6.93. The zero-order valence-corrected chi connectivity index (χ0v) is 13.6. The lowest BCUT2D eigenvalue weighted by Crippen LogP contribution is -2.55. The molecule has 1 aliphatic carbocycles. The summed E-state index contributed by atoms with van der Waals surface area (Å²) >= 11 is 0. The van der Waals surface area contributed by atoms with Gasteiger partial charge in [0, 0.05) is 18.7 Å². The lowest BCUT2D eigenvalue weighted by atomic mass is 9.82. The summed E-state index contributed by atoms with van der Waals surface area (Å²) in [5.41, 5.74) is 5.94. The second-order valence-corrected chi connectivity index (χ2v) is 5.96. The van der Waals surface area contributed by atoms with Crippen LogP contribution in [0.4, 0.5) is 0 Å². The molecule has 0 saturated heterocycles. The van der Waals surface area contributed by atoms with E-state index in [0.29, 0.717) is 24.4 Å². The third kappa shape index (κ3) is 4.69. The lowest BCUT2D eigenvalue weighted by molar-refractivity contribution is -0.127. The third-order valence-electron chi connectivity index (χ3n) is 4.23. The normalized spacial score (nSPS) is 16.4. The van der Waals surface area contributed by atoms with Gasteiger partial charge in [0.2, 0.25) is 5.91 Å². The summed E-state index contributed by atoms with van der Waals surface area (Å²) in [5.74, 6) is 0.319. The van der Waals surface area contributed by atoms with E-state index < -0.39 is 5.54 Å². The fourth-order valence-corrected chi connectivity index (χ4v) is 2.80. The Morgan fingerprint density at radius 2 is 1.87 bits per heavy atom. The highest BCUT2D eigenvalue weighted by molar-refractivity contribution is 5.94. The Hall–Kier alpha value is -2.08. The summed E-state index contributed by atoms with van der Waals surface area (Å²) in [6.45, 7) is 0.728. The Kier molecular flexibility index (Phi) is 5.98. The molecule has 0 bridgehead atoms. The predicted molar refractivity (Wildman–Crippen MR) is 88.3 cm³/mol. The van der Waals surface area contributed by atoms with Crippen LogP contribution in [0.3, 0.4) is 0 Å². The van der Waals surface area contributed by atoms with Gasteiger partial charge in [-0.25, -0.2) is 0 Å². The number of hydrogen-bond acceptors (Lipinski definition) is 4. The molecule has 0 spiro atoms. The van der Waals surface area contributed by atoms with Gasteiger partial charge in [0.15, 0.2) is 0 Å². The molecule has 23 heavy (non-hydrogen) atoms. The summed E-state index contributed by atoms with van der Waals surface area (Å²) in [6.07, 6.45) is 4.60. The van der Waals surface area contributed by atoms with E-state index in [9.17, 15) is 9.59 Å². The minimum Gasteiger partial charge on any atom is -0.497 e. The summed E-state index contributed by atoms with van der Waals surface area (Å²) in [5, 5.41) is 5.59. The lowest BCUT2D eigenvalue weighted by Gasteiger charge is -2.31. The summed E-state index contributed by atoms with van der Waals surface area (Å²) in [4.78, 5) is 24.2. The Balaban J connectivity index is 1.74. The van der Waals surface area contributed by atoms with Crippen molar-refractivity contribution in [2.45, 2.75) is 37.6 Å². The Morgan fingerprint density at radius 1 is 1.17 bits per heavy atom. The zero-order chi connectivity index (χ0) is 16.7. The maximum absolute atomic E-state index is 12.2. The molecule has 2 amide bonds. The van der Waals surface area contributed by atoms with Crippen LogP contribution in [0.25, 0.3) is 0 Å². The van der Waals surface area contributed by atoms with Gasteiger partial charge < -0.3 is 21.1 Å². The van der Waals surface area contributed by atoms with Gasteiger partial charge in [0.1, 0.15) is 5.75 Å². The van der Waals surface area contributed by atoms with E-state index >= 15 is 0 Å². The average Bonchev–Trinajstić information content (AvgIpc) is 2.59. The first-order valence-electron chi connectivity index (χ1n) is 8.04. The molecule has 1 aliphatic rings. The molecule has 0 aromatic heterocycles. The summed E-state index contributed by atoms with van der Waals surface area (Å²) in [7, 11) is 1.56. The van der Waals surface area contributed by atoms with E-state index in [-0.39, 0.29) is 11.8 Å². The molecule has 0 unspecified atom stereocenters. The molecule has 4 N–H and O–H groups in total. The number of nitrogens with two attached hydrogens (primary N) is 1. The molecular formula is C17H25N3O3. The first kappa shape index (κ1) is 17.3. The van der Waals surface area contributed by atoms with Crippen molar-refractivity contribution in [1.82, 2.24) is 10.6 Å². The van der Waals surface area contributed by atoms with Crippen LogP contribution in [-0.4, -0.2) is 37.6 Å². The number of carbonyl (C=O) groups excluding carboxylic acids is 2. The highest BCUT2D eigenvalue weighted by Crippen LogP contribution is 2.25. The van der Waals surface area contributed by atoms with E-state index in [1.807, 2.05) is 0 Å². The molecule has 0 aliphatic heterocycles. The first-order valence-corrected chi connectivity index (χ1v) is 8.04. The fourth-order valence-electron chi connectivity index (χ4n) is 2.80. The van der Waals surface area contributed by atoms with Crippen LogP contribution in [0.5, 0.6) is 5.75 Å². The molecular weight excluding hydrogens is 294 g/mol. The number of ether oxygens (including phenoxy) is 1. The van der Waals surface area contributed by atoms with Crippen molar-refractivity contribution in [3.63, 3.8) is 0 Å². The van der Waals surface area contributed by atoms with Crippen LogP contribution in [0, 0.1) is 0 Å². The van der Waals surface area contributed by atoms with Gasteiger partial charge in [0.25, 0.3) is 5.91 Å². The second-order valence-electron chi connectivity index (χ2n) is 5.96. The quantitative estimate of drug-likeness (QED) is 0.687. The molecule has 0 heterocycles. The molecule has 6 nitrogen and oxygen atoms in total. The van der Waals surface area contributed by atoms with Crippen LogP contribution in [0.2, 0.25) is 0 Å². The van der Waals surface area contributed by atoms with Crippen LogP contribution >= 0.6 is 0 Å². The molecule has 1 fully saturated rings. The Morgan fingerprint density at radius 3 is 2.57 bits per heavy atom. The van der Waals surface area contributed by atoms with Crippen molar-refractivity contribution in [1.29, 1.82) is 0 Å². The topological polar surface area (TPSA) is 93.5 Å². The fraction of sp³-hybridized carbons (Fsp3) is 0.529. The first-order chi connectivity index (χ1) is 11.0. The molecule has 1 aromatic rings. The molecule has 126 valence electrons. The number of nitrogens with one attached hydrogen (secondary N) is 2. The van der Waals surface area contributed by atoms with Gasteiger partial charge in [-0.05, 0) is 31.0 Å². The number of benzene rings is 1. The van der Waals surface area contributed by atoms with Gasteiger partial charge in [-0.2, -0.15) is 0 Å². The monoisotopic (exact) mass is 319 g/mol. The third-order valence-corrected chi connectivity index (χ3v) is 4.23. The smallest absolute Gasteiger partial charge is 0.251 e. The van der Waals surface area contributed by atoms with E-state index in [0.717, 1.165) is 32.1 Å². The minimum atomic E-state index is -0.741. The molecule has 0 radical (unpaired) electrons. The molecule has 1 aromatic carbocycles. The minimum absolute atomic E-state index is 0.118. The predicted octanol–water partition coefficient (Wildman–Crippen LogP) is 1.20. The zero-order valence-electron chi connectivity index (χ0n) is 13.6. The van der Waals surface area contributed by atoms with Crippen LogP contribution in [0.15, 0.2) is 24.3 Å². The molecule has 0 atom stereocenters. The standard InChI is InChI=1S/C17H25N3O3/c1-23-14-7-5-6-13(12-14)15(21)19-10-11-20-16(22)17(18)8-3-2-4-9-17/h5-7,12H,2-4,8-11,18H2,1H3,(H,19,21)(H,20,22). The SMILES string of the molecule is COc1cccc(C(=O)NCCNC(=O)C2(N)CCCCC2)c1. The van der Waals surface area contributed by atoms with Gasteiger partial charge in [-0.3, -0.25) is 9.59 Å². The van der Waals surface area contributed by atoms with Gasteiger partial charge in [-0.15, -0.1) is 0 Å². The number of carbonyl (C=O) groups is 2. The Bertz CT molecular complexity index is 554. The average molecular weight is 319 g/mol. The highest BCUT2D eigenvalue weighted by atomic mass is 16.5. The van der Waals surface area contributed by atoms with Crippen molar-refractivity contribution in [3.05, 3.63) is 29.8 Å². The Labute approximate surface area is 136 Å². The van der Waals surface area contributed by atoms with Crippen molar-refractivity contribution in [3.8, 4) is 5.75 Å². The largest absolute Gasteiger partial charge is 0.497 e. The number of rotatable bonds is 6. The maximum atomic E-state index is 12.2. The molecule has 6 heteroatoms. The van der Waals surface area contributed by atoms with Crippen molar-refractivity contribution >= 4 is 11.8 Å². The van der Waals surface area contributed by atoms with Gasteiger partial charge in [0.05, 0.1) is 12.6 Å². The van der Waals surface area contributed by atoms with E-state index in [1.54, 1.807) is 31.4 Å². The van der Waals surface area contributed by atoms with Gasteiger partial charge in [-0.1, -0.05) is 25.3 Å². The highest BCUT2D eigenvalue weighted by Gasteiger charge is 2.34. The number of hydrogen-bond donors (Lipinski definition) is 3. The molecule has 1 saturated carbocycles. The van der Waals surface area contributed by atoms with Crippen molar-refractivity contribution < 1.29 is 14.3 Å². The van der Waals surface area contributed by atoms with E-state index in [4.69, 9.17) is 10.5 Å². The van der Waals surface area contributed by atoms with Crippen molar-refractivity contribution in [2.24, 2.45) is 5.73 Å². The van der Waals surface area contributed by atoms with Crippen LogP contribution < -0.4 is 21.1 Å². The second kappa shape index (κ2) is 7.97. The van der Waals surface area contributed by atoms with Gasteiger partial charge >= 0.3 is 0 Å². The number of methoxy groups -OCH3 is 1. The number of amides is 2.